The Morgan fingerprint density at radius 3 is 2.38 bits per heavy atom. The van der Waals surface area contributed by atoms with Crippen LogP contribution in [0, 0.1) is 0 Å². The molecule has 0 unspecified atom stereocenters. The van der Waals surface area contributed by atoms with Crippen molar-refractivity contribution in [3.63, 3.8) is 0 Å². The van der Waals surface area contributed by atoms with Gasteiger partial charge >= 0.3 is 5.97 Å². The second-order valence-corrected chi connectivity index (χ2v) is 11.2. The summed E-state index contributed by atoms with van der Waals surface area (Å²) in [5, 5.41) is 21.2. The van der Waals surface area contributed by atoms with E-state index in [4.69, 9.17) is 14.6 Å². The number of ether oxygens (including phenoxy) is 2. The zero-order valence-electron chi connectivity index (χ0n) is 24.7. The summed E-state index contributed by atoms with van der Waals surface area (Å²) >= 11 is 0. The molecule has 1 saturated heterocycles. The summed E-state index contributed by atoms with van der Waals surface area (Å²) in [5.41, 5.74) is 7.62. The topological polar surface area (TPSA) is 123 Å². The van der Waals surface area contributed by atoms with Gasteiger partial charge in [0.05, 0.1) is 49.1 Å². The molecule has 1 aliphatic heterocycles. The van der Waals surface area contributed by atoms with E-state index in [0.717, 1.165) is 44.4 Å². The van der Waals surface area contributed by atoms with Crippen LogP contribution in [0.4, 0.5) is 0 Å². The molecule has 6 rings (SSSR count). The molecule has 9 nitrogen and oxygen atoms in total. The van der Waals surface area contributed by atoms with Gasteiger partial charge in [0.1, 0.15) is 0 Å². The van der Waals surface area contributed by atoms with Crippen molar-refractivity contribution in [3.8, 4) is 11.1 Å². The summed E-state index contributed by atoms with van der Waals surface area (Å²) in [5.74, 6) is -1.29. The first-order valence-corrected chi connectivity index (χ1v) is 15.0. The number of hydrogen-bond acceptors (Lipinski definition) is 6. The Morgan fingerprint density at radius 1 is 0.867 bits per heavy atom. The van der Waals surface area contributed by atoms with E-state index in [1.54, 1.807) is 0 Å². The van der Waals surface area contributed by atoms with Crippen LogP contribution < -0.4 is 5.32 Å². The van der Waals surface area contributed by atoms with E-state index in [1.807, 2.05) is 97.3 Å². The van der Waals surface area contributed by atoms with E-state index in [9.17, 15) is 14.7 Å². The third kappa shape index (κ3) is 7.29. The number of imidazole rings is 1. The maximum absolute atomic E-state index is 12.1. The smallest absolute Gasteiger partial charge is 0.303 e. The van der Waals surface area contributed by atoms with Gasteiger partial charge in [-0.1, -0.05) is 84.9 Å². The molecular formula is C36H35N3O6. The molecule has 2 heterocycles. The van der Waals surface area contributed by atoms with Crippen LogP contribution in [0.2, 0.25) is 0 Å². The normalized spacial score (nSPS) is 18.1. The number of nitrogens with one attached hydrogen (secondary N) is 1. The number of aliphatic hydroxyl groups is 1. The summed E-state index contributed by atoms with van der Waals surface area (Å²) in [6.07, 6.45) is 1.30. The minimum absolute atomic E-state index is 0.0135. The number of benzene rings is 4. The second kappa shape index (κ2) is 13.9. The number of rotatable bonds is 11. The van der Waals surface area contributed by atoms with Gasteiger partial charge in [-0.05, 0) is 39.9 Å². The average Bonchev–Trinajstić information content (AvgIpc) is 3.49. The fraction of sp³-hybridized carbons (Fsp3) is 0.250. The SMILES string of the molecule is O=C(O)CCC(=O)NCc1ccccc1-c1ccc([C@@H]2O[C@H](Cn3cnc4ccccc43)C[C@H](c3ccc(CO)cc3)O2)cc1. The molecule has 5 aromatic rings. The van der Waals surface area contributed by atoms with Crippen molar-refractivity contribution in [2.24, 2.45) is 0 Å². The fourth-order valence-corrected chi connectivity index (χ4v) is 5.69. The lowest BCUT2D eigenvalue weighted by Gasteiger charge is -2.36. The number of aromatic nitrogens is 2. The fourth-order valence-electron chi connectivity index (χ4n) is 5.69. The molecule has 4 aromatic carbocycles. The number of carbonyl (C=O) groups excluding carboxylic acids is 1. The lowest BCUT2D eigenvalue weighted by atomic mass is 9.97. The Hall–Kier alpha value is -4.83. The third-order valence-electron chi connectivity index (χ3n) is 8.10. The monoisotopic (exact) mass is 605 g/mol. The van der Waals surface area contributed by atoms with E-state index < -0.39 is 12.3 Å². The van der Waals surface area contributed by atoms with Gasteiger partial charge in [-0.3, -0.25) is 9.59 Å². The third-order valence-corrected chi connectivity index (χ3v) is 8.10. The maximum atomic E-state index is 12.1. The summed E-state index contributed by atoms with van der Waals surface area (Å²) in [6, 6.07) is 31.7. The van der Waals surface area contributed by atoms with E-state index in [0.29, 0.717) is 19.5 Å². The number of carboxylic acid groups (broad SMARTS) is 1. The number of aliphatic carboxylic acids is 1. The zero-order valence-corrected chi connectivity index (χ0v) is 24.7. The Morgan fingerprint density at radius 2 is 1.60 bits per heavy atom. The van der Waals surface area contributed by atoms with Gasteiger partial charge in [-0.15, -0.1) is 0 Å². The summed E-state index contributed by atoms with van der Waals surface area (Å²) < 4.78 is 15.2. The van der Waals surface area contributed by atoms with Crippen molar-refractivity contribution in [1.82, 2.24) is 14.9 Å². The number of amides is 1. The van der Waals surface area contributed by atoms with Gasteiger partial charge in [0.15, 0.2) is 6.29 Å². The van der Waals surface area contributed by atoms with E-state index >= 15 is 0 Å². The highest BCUT2D eigenvalue weighted by Gasteiger charge is 2.32. The first-order chi connectivity index (χ1) is 22.0. The van der Waals surface area contributed by atoms with Crippen molar-refractivity contribution >= 4 is 22.9 Å². The van der Waals surface area contributed by atoms with Crippen molar-refractivity contribution in [3.05, 3.63) is 126 Å². The molecule has 3 atom stereocenters. The lowest BCUT2D eigenvalue weighted by molar-refractivity contribution is -0.252. The molecule has 0 bridgehead atoms. The molecule has 1 aliphatic rings. The molecule has 0 spiro atoms. The number of carbonyl (C=O) groups is 2. The molecule has 1 aromatic heterocycles. The minimum atomic E-state index is -0.996. The van der Waals surface area contributed by atoms with Crippen LogP contribution in [0.3, 0.4) is 0 Å². The molecule has 1 fully saturated rings. The number of hydrogen-bond donors (Lipinski definition) is 3. The van der Waals surface area contributed by atoms with E-state index in [1.165, 1.54) is 0 Å². The largest absolute Gasteiger partial charge is 0.481 e. The summed E-state index contributed by atoms with van der Waals surface area (Å²) in [7, 11) is 0. The predicted molar refractivity (Wildman–Crippen MR) is 169 cm³/mol. The van der Waals surface area contributed by atoms with Gasteiger partial charge in [0, 0.05) is 24.9 Å². The number of para-hydroxylation sites is 2. The van der Waals surface area contributed by atoms with Crippen molar-refractivity contribution in [2.45, 2.75) is 57.5 Å². The average molecular weight is 606 g/mol. The van der Waals surface area contributed by atoms with Crippen molar-refractivity contribution < 1.29 is 29.3 Å². The van der Waals surface area contributed by atoms with Crippen LogP contribution in [0.25, 0.3) is 22.2 Å². The molecule has 230 valence electrons. The maximum Gasteiger partial charge on any atom is 0.303 e. The molecule has 9 heteroatoms. The number of aliphatic hydroxyl groups excluding tert-OH is 1. The first kappa shape index (κ1) is 30.2. The molecule has 0 aliphatic carbocycles. The van der Waals surface area contributed by atoms with Crippen LogP contribution in [-0.2, 0) is 38.8 Å². The van der Waals surface area contributed by atoms with Crippen LogP contribution in [-0.4, -0.2) is 37.7 Å². The molecule has 0 radical (unpaired) electrons. The highest BCUT2D eigenvalue weighted by Crippen LogP contribution is 2.39. The van der Waals surface area contributed by atoms with Crippen molar-refractivity contribution in [2.75, 3.05) is 0 Å². The Bertz CT molecular complexity index is 1770. The Kier molecular flexibility index (Phi) is 9.30. The number of nitrogens with zero attached hydrogens (tertiary/aromatic N) is 2. The predicted octanol–water partition coefficient (Wildman–Crippen LogP) is 5.92. The van der Waals surface area contributed by atoms with Crippen LogP contribution in [0.1, 0.15) is 53.9 Å². The molecule has 45 heavy (non-hydrogen) atoms. The minimum Gasteiger partial charge on any atom is -0.481 e. The highest BCUT2D eigenvalue weighted by molar-refractivity contribution is 5.81. The molecule has 1 amide bonds. The summed E-state index contributed by atoms with van der Waals surface area (Å²) in [6.45, 7) is 0.905. The van der Waals surface area contributed by atoms with Gasteiger partial charge < -0.3 is 29.6 Å². The van der Waals surface area contributed by atoms with Crippen LogP contribution in [0.15, 0.2) is 103 Å². The molecular weight excluding hydrogens is 570 g/mol. The van der Waals surface area contributed by atoms with Gasteiger partial charge in [0.25, 0.3) is 0 Å². The first-order valence-electron chi connectivity index (χ1n) is 15.0. The van der Waals surface area contributed by atoms with Gasteiger partial charge in [-0.2, -0.15) is 0 Å². The number of fused-ring (bicyclic) bond motifs is 1. The van der Waals surface area contributed by atoms with Crippen LogP contribution in [0.5, 0.6) is 0 Å². The van der Waals surface area contributed by atoms with E-state index in [-0.39, 0.29) is 37.6 Å². The molecule has 3 N–H and O–H groups in total. The summed E-state index contributed by atoms with van der Waals surface area (Å²) in [4.78, 5) is 27.5. The lowest BCUT2D eigenvalue weighted by Crippen LogP contribution is -2.32. The molecule has 0 saturated carbocycles. The van der Waals surface area contributed by atoms with Gasteiger partial charge in [0.2, 0.25) is 5.91 Å². The standard InChI is InChI=1S/C36H35N3O6/c40-22-24-9-11-26(12-10-24)33-19-29(21-39-23-38-31-7-3-4-8-32(31)39)44-36(45-33)27-15-13-25(14-16-27)30-6-2-1-5-28(30)20-37-34(41)17-18-35(42)43/h1-16,23,29,33,36,40H,17-22H2,(H,37,41)(H,42,43)/t29-,33+,36+/m0/s1. The number of carboxylic acids is 1. The quantitative estimate of drug-likeness (QED) is 0.171. The van der Waals surface area contributed by atoms with Crippen LogP contribution >= 0.6 is 0 Å². The van der Waals surface area contributed by atoms with E-state index in [2.05, 4.69) is 20.9 Å². The highest BCUT2D eigenvalue weighted by atomic mass is 16.7. The Labute approximate surface area is 261 Å². The van der Waals surface area contributed by atoms with Gasteiger partial charge in [-0.25, -0.2) is 4.98 Å². The zero-order chi connectivity index (χ0) is 31.2. The Balaban J connectivity index is 1.22. The second-order valence-electron chi connectivity index (χ2n) is 11.2. The van der Waals surface area contributed by atoms with Crippen molar-refractivity contribution in [1.29, 1.82) is 0 Å².